The summed E-state index contributed by atoms with van der Waals surface area (Å²) in [7, 11) is 1.75. The fourth-order valence-electron chi connectivity index (χ4n) is 1.41. The highest BCUT2D eigenvalue weighted by Crippen LogP contribution is 2.31. The van der Waals surface area contributed by atoms with Gasteiger partial charge in [-0.15, -0.1) is 0 Å². The minimum Gasteiger partial charge on any atom is -0.481 e. The van der Waals surface area contributed by atoms with Crippen molar-refractivity contribution in [2.75, 3.05) is 0 Å². The predicted molar refractivity (Wildman–Crippen MR) is 56.3 cm³/mol. The molecule has 0 spiro atoms. The molecule has 14 heavy (non-hydrogen) atoms. The van der Waals surface area contributed by atoms with Crippen LogP contribution < -0.4 is 0 Å². The van der Waals surface area contributed by atoms with Crippen molar-refractivity contribution < 1.29 is 9.90 Å². The number of carbonyl (C=O) groups is 1. The highest BCUT2D eigenvalue weighted by molar-refractivity contribution is 9.10. The molecule has 0 bridgehead atoms. The molecule has 4 nitrogen and oxygen atoms in total. The molecule has 0 aliphatic rings. The Labute approximate surface area is 91.1 Å². The maximum atomic E-state index is 11.1. The van der Waals surface area contributed by atoms with Gasteiger partial charge in [0.15, 0.2) is 0 Å². The summed E-state index contributed by atoms with van der Waals surface area (Å²) in [5.41, 5.74) is 0.550. The number of aromatic nitrogens is 2. The number of hydrogen-bond acceptors (Lipinski definition) is 2. The molecule has 0 amide bonds. The van der Waals surface area contributed by atoms with E-state index < -0.39 is 11.4 Å². The summed E-state index contributed by atoms with van der Waals surface area (Å²) < 4.78 is 2.38. The van der Waals surface area contributed by atoms with Crippen LogP contribution in [0.4, 0.5) is 0 Å². The van der Waals surface area contributed by atoms with Crippen molar-refractivity contribution >= 4 is 21.9 Å². The lowest BCUT2D eigenvalue weighted by Gasteiger charge is -2.19. The Hall–Kier alpha value is -0.840. The third-order valence-corrected chi connectivity index (χ3v) is 3.23. The van der Waals surface area contributed by atoms with Crippen LogP contribution in [-0.4, -0.2) is 20.9 Å². The average Bonchev–Trinajstić information content (AvgIpc) is 2.26. The number of nitrogens with zero attached hydrogens (tertiary/aromatic N) is 2. The zero-order valence-corrected chi connectivity index (χ0v) is 10.2. The third kappa shape index (κ3) is 1.56. The van der Waals surface area contributed by atoms with Crippen molar-refractivity contribution in [2.45, 2.75) is 26.2 Å². The van der Waals surface area contributed by atoms with Crippen molar-refractivity contribution in [3.8, 4) is 0 Å². The molecule has 0 radical (unpaired) electrons. The third-order valence-electron chi connectivity index (χ3n) is 2.28. The summed E-state index contributed by atoms with van der Waals surface area (Å²) in [4.78, 5) is 11.1. The van der Waals surface area contributed by atoms with Gasteiger partial charge in [-0.1, -0.05) is 0 Å². The van der Waals surface area contributed by atoms with Crippen molar-refractivity contribution in [2.24, 2.45) is 7.05 Å². The van der Waals surface area contributed by atoms with Crippen LogP contribution >= 0.6 is 15.9 Å². The Balaban J connectivity index is 3.38. The maximum Gasteiger partial charge on any atom is 0.315 e. The van der Waals surface area contributed by atoms with Gasteiger partial charge in [-0.3, -0.25) is 9.48 Å². The predicted octanol–water partition coefficient (Wildman–Crippen LogP) is 1.85. The van der Waals surface area contributed by atoms with E-state index in [0.717, 1.165) is 10.2 Å². The number of aryl methyl sites for hydroxylation is 2. The molecule has 1 aromatic heterocycles. The minimum absolute atomic E-state index is 0.683. The van der Waals surface area contributed by atoms with E-state index >= 15 is 0 Å². The van der Waals surface area contributed by atoms with E-state index in [1.807, 2.05) is 6.92 Å². The quantitative estimate of drug-likeness (QED) is 0.883. The first-order chi connectivity index (χ1) is 6.28. The molecule has 0 saturated carbocycles. The normalized spacial score (nSPS) is 11.8. The molecule has 0 fully saturated rings. The van der Waals surface area contributed by atoms with Crippen LogP contribution in [0.1, 0.15) is 25.2 Å². The van der Waals surface area contributed by atoms with E-state index in [-0.39, 0.29) is 0 Å². The largest absolute Gasteiger partial charge is 0.481 e. The first-order valence-electron chi connectivity index (χ1n) is 4.21. The van der Waals surface area contributed by atoms with Gasteiger partial charge in [-0.05, 0) is 36.7 Å². The molecule has 1 rings (SSSR count). The molecular weight excluding hydrogens is 248 g/mol. The van der Waals surface area contributed by atoms with E-state index in [4.69, 9.17) is 5.11 Å². The second kappa shape index (κ2) is 3.38. The van der Waals surface area contributed by atoms with Crippen LogP contribution in [0.3, 0.4) is 0 Å². The van der Waals surface area contributed by atoms with Crippen LogP contribution in [0.5, 0.6) is 0 Å². The van der Waals surface area contributed by atoms with Gasteiger partial charge in [-0.25, -0.2) is 0 Å². The van der Waals surface area contributed by atoms with Gasteiger partial charge < -0.3 is 5.11 Å². The Morgan fingerprint density at radius 2 is 2.07 bits per heavy atom. The highest BCUT2D eigenvalue weighted by atomic mass is 79.9. The summed E-state index contributed by atoms with van der Waals surface area (Å²) in [5.74, 6) is -0.860. The lowest BCUT2D eigenvalue weighted by atomic mass is 9.89. The summed E-state index contributed by atoms with van der Waals surface area (Å²) >= 11 is 3.36. The van der Waals surface area contributed by atoms with Gasteiger partial charge in [0.05, 0.1) is 15.9 Å². The fraction of sp³-hybridized carbons (Fsp3) is 0.556. The molecular formula is C9H13BrN2O2. The fourth-order valence-corrected chi connectivity index (χ4v) is 2.24. The second-order valence-corrected chi connectivity index (χ2v) is 4.59. The van der Waals surface area contributed by atoms with E-state index in [2.05, 4.69) is 21.0 Å². The van der Waals surface area contributed by atoms with Crippen molar-refractivity contribution in [1.29, 1.82) is 0 Å². The smallest absolute Gasteiger partial charge is 0.315 e. The second-order valence-electron chi connectivity index (χ2n) is 3.80. The average molecular weight is 261 g/mol. The van der Waals surface area contributed by atoms with E-state index in [1.54, 1.807) is 25.6 Å². The van der Waals surface area contributed by atoms with Crippen LogP contribution in [0, 0.1) is 6.92 Å². The number of rotatable bonds is 2. The number of hydrogen-bond donors (Lipinski definition) is 1. The maximum absolute atomic E-state index is 11.1. The number of carboxylic acid groups (broad SMARTS) is 1. The Bertz CT molecular complexity index is 382. The highest BCUT2D eigenvalue weighted by Gasteiger charge is 2.35. The summed E-state index contributed by atoms with van der Waals surface area (Å²) in [6.45, 7) is 5.17. The van der Waals surface area contributed by atoms with Crippen LogP contribution in [0.25, 0.3) is 0 Å². The van der Waals surface area contributed by atoms with Gasteiger partial charge in [0.2, 0.25) is 0 Å². The molecule has 1 aromatic rings. The lowest BCUT2D eigenvalue weighted by molar-refractivity contribution is -0.142. The standard InChI is InChI=1S/C9H13BrN2O2/c1-5-6(10)7(12(4)11-5)9(2,3)8(13)14/h1-4H3,(H,13,14). The topological polar surface area (TPSA) is 55.1 Å². The first-order valence-corrected chi connectivity index (χ1v) is 5.00. The number of aliphatic carboxylic acids is 1. The van der Waals surface area contributed by atoms with E-state index in [0.29, 0.717) is 5.69 Å². The zero-order chi connectivity index (χ0) is 11.1. The molecule has 0 atom stereocenters. The summed E-state index contributed by atoms with van der Waals surface area (Å²) in [5, 5.41) is 13.3. The van der Waals surface area contributed by atoms with Crippen molar-refractivity contribution in [1.82, 2.24) is 9.78 Å². The molecule has 1 heterocycles. The molecule has 0 aromatic carbocycles. The summed E-state index contributed by atoms with van der Waals surface area (Å²) in [6.07, 6.45) is 0. The van der Waals surface area contributed by atoms with Gasteiger partial charge in [0, 0.05) is 7.05 Å². The Kier molecular flexibility index (Phi) is 2.71. The SMILES string of the molecule is Cc1nn(C)c(C(C)(C)C(=O)O)c1Br. The molecule has 78 valence electrons. The van der Waals surface area contributed by atoms with Crippen LogP contribution in [0.2, 0.25) is 0 Å². The number of halogens is 1. The zero-order valence-electron chi connectivity index (χ0n) is 8.63. The van der Waals surface area contributed by atoms with Gasteiger partial charge in [-0.2, -0.15) is 5.10 Å². The van der Waals surface area contributed by atoms with Gasteiger partial charge in [0.1, 0.15) is 5.41 Å². The molecule has 5 heteroatoms. The lowest BCUT2D eigenvalue weighted by Crippen LogP contribution is -2.31. The van der Waals surface area contributed by atoms with E-state index in [1.165, 1.54) is 0 Å². The molecule has 0 aliphatic carbocycles. The van der Waals surface area contributed by atoms with Crippen molar-refractivity contribution in [3.63, 3.8) is 0 Å². The van der Waals surface area contributed by atoms with Crippen LogP contribution in [-0.2, 0) is 17.3 Å². The first kappa shape index (κ1) is 11.2. The minimum atomic E-state index is -0.936. The van der Waals surface area contributed by atoms with Gasteiger partial charge >= 0.3 is 5.97 Å². The van der Waals surface area contributed by atoms with Crippen LogP contribution in [0.15, 0.2) is 4.47 Å². The van der Waals surface area contributed by atoms with E-state index in [9.17, 15) is 4.79 Å². The monoisotopic (exact) mass is 260 g/mol. The Morgan fingerprint density at radius 3 is 2.36 bits per heavy atom. The molecule has 1 N–H and O–H groups in total. The van der Waals surface area contributed by atoms with Crippen molar-refractivity contribution in [3.05, 3.63) is 15.9 Å². The number of carboxylic acids is 1. The molecule has 0 aliphatic heterocycles. The molecule has 0 saturated heterocycles. The summed E-state index contributed by atoms with van der Waals surface area (Å²) in [6, 6.07) is 0. The molecule has 0 unspecified atom stereocenters. The Morgan fingerprint density at radius 1 is 1.57 bits per heavy atom. The van der Waals surface area contributed by atoms with Gasteiger partial charge in [0.25, 0.3) is 0 Å².